The second-order valence-electron chi connectivity index (χ2n) is 5.03. The third kappa shape index (κ3) is 4.31. The van der Waals surface area contributed by atoms with E-state index in [-0.39, 0.29) is 11.6 Å². The molecule has 0 amide bonds. The smallest absolute Gasteiger partial charge is 0.318 e. The molecule has 0 unspecified atom stereocenters. The molecule has 0 atom stereocenters. The minimum atomic E-state index is -3.85. The number of aliphatic carboxylic acids is 1. The number of hydrogen-bond donors (Lipinski definition) is 1. The van der Waals surface area contributed by atoms with Gasteiger partial charge in [0.15, 0.2) is 5.03 Å². The predicted octanol–water partition coefficient (Wildman–Crippen LogP) is 1.02. The number of carboxylic acid groups (broad SMARTS) is 1. The van der Waals surface area contributed by atoms with Gasteiger partial charge in [-0.05, 0) is 12.3 Å². The zero-order valence-corrected chi connectivity index (χ0v) is 12.8. The molecule has 114 valence electrons. The van der Waals surface area contributed by atoms with Crippen molar-refractivity contribution in [3.63, 3.8) is 0 Å². The molecule has 7 nitrogen and oxygen atoms in total. The summed E-state index contributed by atoms with van der Waals surface area (Å²) in [5.74, 6) is -0.811. The largest absolute Gasteiger partial charge is 0.480 e. The average molecular weight is 303 g/mol. The fraction of sp³-hybridized carbons (Fsp3) is 0.667. The summed E-state index contributed by atoms with van der Waals surface area (Å²) in [6.45, 7) is 6.10. The van der Waals surface area contributed by atoms with Crippen LogP contribution in [-0.2, 0) is 21.4 Å². The maximum Gasteiger partial charge on any atom is 0.318 e. The fourth-order valence-corrected chi connectivity index (χ4v) is 3.23. The van der Waals surface area contributed by atoms with Crippen molar-refractivity contribution in [2.24, 2.45) is 5.92 Å². The standard InChI is InChI=1S/C12H21N3O4S/c1-4-5-15(8-12(16)17)20(18,19)11-7-14(9-13-11)6-10(2)3/h7,9-10H,4-6,8H2,1-3H3,(H,16,17). The van der Waals surface area contributed by atoms with Gasteiger partial charge in [0.1, 0.15) is 6.54 Å². The van der Waals surface area contributed by atoms with Gasteiger partial charge < -0.3 is 9.67 Å². The molecule has 0 radical (unpaired) electrons. The summed E-state index contributed by atoms with van der Waals surface area (Å²) < 4.78 is 27.3. The van der Waals surface area contributed by atoms with E-state index in [1.807, 2.05) is 13.8 Å². The van der Waals surface area contributed by atoms with E-state index in [0.717, 1.165) is 4.31 Å². The summed E-state index contributed by atoms with van der Waals surface area (Å²) in [5, 5.41) is 8.71. The molecule has 0 saturated heterocycles. The van der Waals surface area contributed by atoms with E-state index < -0.39 is 22.5 Å². The summed E-state index contributed by atoms with van der Waals surface area (Å²) >= 11 is 0. The maximum absolute atomic E-state index is 12.3. The van der Waals surface area contributed by atoms with Gasteiger partial charge in [0.2, 0.25) is 0 Å². The molecule has 0 aliphatic rings. The van der Waals surface area contributed by atoms with Crippen LogP contribution in [0.25, 0.3) is 0 Å². The number of nitrogens with zero attached hydrogens (tertiary/aromatic N) is 3. The summed E-state index contributed by atoms with van der Waals surface area (Å²) in [4.78, 5) is 14.7. The molecule has 0 aliphatic heterocycles. The van der Waals surface area contributed by atoms with Crippen molar-refractivity contribution < 1.29 is 18.3 Å². The molecule has 1 rings (SSSR count). The lowest BCUT2D eigenvalue weighted by atomic mass is 10.2. The fourth-order valence-electron chi connectivity index (χ4n) is 1.81. The van der Waals surface area contributed by atoms with Crippen molar-refractivity contribution in [3.05, 3.63) is 12.5 Å². The van der Waals surface area contributed by atoms with Gasteiger partial charge in [-0.25, -0.2) is 13.4 Å². The van der Waals surface area contributed by atoms with Gasteiger partial charge in [0, 0.05) is 19.3 Å². The topological polar surface area (TPSA) is 92.5 Å². The molecular weight excluding hydrogens is 282 g/mol. The number of imidazole rings is 1. The van der Waals surface area contributed by atoms with Crippen LogP contribution in [0.5, 0.6) is 0 Å². The third-order valence-corrected chi connectivity index (χ3v) is 4.31. The van der Waals surface area contributed by atoms with Gasteiger partial charge in [-0.3, -0.25) is 4.79 Å². The highest BCUT2D eigenvalue weighted by molar-refractivity contribution is 7.89. The highest BCUT2D eigenvalue weighted by Crippen LogP contribution is 2.14. The number of aromatic nitrogens is 2. The van der Waals surface area contributed by atoms with Crippen molar-refractivity contribution in [3.8, 4) is 0 Å². The Morgan fingerprint density at radius 1 is 1.50 bits per heavy atom. The lowest BCUT2D eigenvalue weighted by Gasteiger charge is -2.17. The molecule has 0 aliphatic carbocycles. The average Bonchev–Trinajstić information content (AvgIpc) is 2.76. The Bertz CT molecular complexity index is 551. The van der Waals surface area contributed by atoms with E-state index >= 15 is 0 Å². The summed E-state index contributed by atoms with van der Waals surface area (Å²) in [6.07, 6.45) is 3.44. The van der Waals surface area contributed by atoms with Crippen LogP contribution < -0.4 is 0 Å². The first kappa shape index (κ1) is 16.6. The molecule has 20 heavy (non-hydrogen) atoms. The minimum absolute atomic E-state index is 0.104. The van der Waals surface area contributed by atoms with Crippen molar-refractivity contribution in [1.82, 2.24) is 13.9 Å². The number of carboxylic acids is 1. The lowest BCUT2D eigenvalue weighted by Crippen LogP contribution is -2.36. The molecule has 1 N–H and O–H groups in total. The maximum atomic E-state index is 12.3. The van der Waals surface area contributed by atoms with Gasteiger partial charge in [0.05, 0.1) is 6.33 Å². The zero-order valence-electron chi connectivity index (χ0n) is 12.0. The third-order valence-electron chi connectivity index (χ3n) is 2.57. The normalized spacial score (nSPS) is 12.2. The van der Waals surface area contributed by atoms with Gasteiger partial charge >= 0.3 is 5.97 Å². The van der Waals surface area contributed by atoms with Crippen LogP contribution >= 0.6 is 0 Å². The van der Waals surface area contributed by atoms with Crippen LogP contribution in [0.4, 0.5) is 0 Å². The number of rotatable bonds is 8. The first-order valence-electron chi connectivity index (χ1n) is 6.51. The van der Waals surface area contributed by atoms with Crippen LogP contribution in [0.2, 0.25) is 0 Å². The summed E-state index contributed by atoms with van der Waals surface area (Å²) in [5.41, 5.74) is 0. The van der Waals surface area contributed by atoms with Crippen LogP contribution in [0, 0.1) is 5.92 Å². The molecule has 0 aromatic carbocycles. The Hall–Kier alpha value is -1.41. The molecule has 0 bridgehead atoms. The first-order chi connectivity index (χ1) is 9.27. The van der Waals surface area contributed by atoms with E-state index in [0.29, 0.717) is 18.9 Å². The molecule has 1 aromatic rings. The Morgan fingerprint density at radius 3 is 2.65 bits per heavy atom. The van der Waals surface area contributed by atoms with E-state index in [1.165, 1.54) is 12.5 Å². The van der Waals surface area contributed by atoms with Crippen molar-refractivity contribution >= 4 is 16.0 Å². The molecular formula is C12H21N3O4S. The highest BCUT2D eigenvalue weighted by Gasteiger charge is 2.28. The Labute approximate surface area is 119 Å². The number of hydrogen-bond acceptors (Lipinski definition) is 4. The first-order valence-corrected chi connectivity index (χ1v) is 7.95. The molecule has 0 saturated carbocycles. The van der Waals surface area contributed by atoms with Crippen LogP contribution in [0.3, 0.4) is 0 Å². The zero-order chi connectivity index (χ0) is 15.3. The van der Waals surface area contributed by atoms with E-state index in [4.69, 9.17) is 5.11 Å². The van der Waals surface area contributed by atoms with Crippen molar-refractivity contribution in [2.75, 3.05) is 13.1 Å². The van der Waals surface area contributed by atoms with Gasteiger partial charge in [-0.15, -0.1) is 0 Å². The Balaban J connectivity index is 3.00. The van der Waals surface area contributed by atoms with E-state index in [2.05, 4.69) is 4.98 Å². The second-order valence-corrected chi connectivity index (χ2v) is 6.92. The van der Waals surface area contributed by atoms with Crippen LogP contribution in [0.15, 0.2) is 17.6 Å². The quantitative estimate of drug-likeness (QED) is 0.774. The molecule has 1 heterocycles. The minimum Gasteiger partial charge on any atom is -0.480 e. The SMILES string of the molecule is CCCN(CC(=O)O)S(=O)(=O)c1cn(CC(C)C)cn1. The van der Waals surface area contributed by atoms with Crippen LogP contribution in [-0.4, -0.2) is 46.4 Å². The summed E-state index contributed by atoms with van der Waals surface area (Å²) in [7, 11) is -3.85. The van der Waals surface area contributed by atoms with Gasteiger partial charge in [-0.1, -0.05) is 20.8 Å². The monoisotopic (exact) mass is 303 g/mol. The van der Waals surface area contributed by atoms with Crippen LogP contribution in [0.1, 0.15) is 27.2 Å². The van der Waals surface area contributed by atoms with Gasteiger partial charge in [0.25, 0.3) is 10.0 Å². The molecule has 0 spiro atoms. The van der Waals surface area contributed by atoms with E-state index in [1.54, 1.807) is 11.5 Å². The molecule has 8 heteroatoms. The number of sulfonamides is 1. The van der Waals surface area contributed by atoms with Crippen molar-refractivity contribution in [1.29, 1.82) is 0 Å². The predicted molar refractivity (Wildman–Crippen MR) is 73.8 cm³/mol. The van der Waals surface area contributed by atoms with E-state index in [9.17, 15) is 13.2 Å². The number of carbonyl (C=O) groups is 1. The second kappa shape index (κ2) is 6.85. The summed E-state index contributed by atoms with van der Waals surface area (Å²) in [6, 6.07) is 0. The molecule has 0 fully saturated rings. The Kier molecular flexibility index (Phi) is 5.70. The van der Waals surface area contributed by atoms with Crippen molar-refractivity contribution in [2.45, 2.75) is 38.8 Å². The Morgan fingerprint density at radius 2 is 2.15 bits per heavy atom. The highest BCUT2D eigenvalue weighted by atomic mass is 32.2. The molecule has 1 aromatic heterocycles. The lowest BCUT2D eigenvalue weighted by molar-refractivity contribution is -0.137. The van der Waals surface area contributed by atoms with Gasteiger partial charge in [-0.2, -0.15) is 4.31 Å².